The van der Waals surface area contributed by atoms with Crippen LogP contribution in [0.4, 0.5) is 0 Å². The minimum absolute atomic E-state index is 0.110. The average molecular weight is 331 g/mol. The van der Waals surface area contributed by atoms with Gasteiger partial charge in [-0.15, -0.1) is 10.2 Å². The Bertz CT molecular complexity index is 685. The summed E-state index contributed by atoms with van der Waals surface area (Å²) in [6.45, 7) is 1.22. The lowest BCUT2D eigenvalue weighted by molar-refractivity contribution is -0.0337. The number of carbonyl (C=O) groups is 1. The molecule has 24 heavy (non-hydrogen) atoms. The van der Waals surface area contributed by atoms with E-state index in [-0.39, 0.29) is 23.6 Å². The number of amides is 1. The molecule has 0 bridgehead atoms. The Balaban J connectivity index is 1.63. The minimum atomic E-state index is -0.255. The van der Waals surface area contributed by atoms with Gasteiger partial charge in [-0.3, -0.25) is 4.79 Å². The zero-order valence-electron chi connectivity index (χ0n) is 13.8. The summed E-state index contributed by atoms with van der Waals surface area (Å²) in [5.74, 6) is 1.18. The van der Waals surface area contributed by atoms with Crippen LogP contribution in [0.1, 0.15) is 35.3 Å². The smallest absolute Gasteiger partial charge is 0.271 e. The van der Waals surface area contributed by atoms with Crippen molar-refractivity contribution in [3.8, 4) is 5.88 Å². The number of aromatic nitrogens is 4. The van der Waals surface area contributed by atoms with Gasteiger partial charge in [0.2, 0.25) is 5.88 Å². The Hall–Kier alpha value is -2.48. The van der Waals surface area contributed by atoms with Crippen molar-refractivity contribution in [2.75, 3.05) is 20.3 Å². The van der Waals surface area contributed by atoms with Gasteiger partial charge in [-0.05, 0) is 18.9 Å². The standard InChI is InChI=1S/C16H21N5O3/c1-21-8-7-17-15(21)14-11(4-3-9-24-14)10-18-16(22)12-5-6-13(23-2)20-19-12/h5-8,11,14H,3-4,9-10H2,1-2H3,(H,18,22)/t11-,14+/m0/s1. The molecule has 0 aliphatic carbocycles. The van der Waals surface area contributed by atoms with Crippen LogP contribution in [0.5, 0.6) is 5.88 Å². The fourth-order valence-electron chi connectivity index (χ4n) is 2.85. The third-order valence-corrected chi connectivity index (χ3v) is 4.16. The predicted octanol–water partition coefficient (Wildman–Crippen LogP) is 1.12. The minimum Gasteiger partial charge on any atom is -0.480 e. The third kappa shape index (κ3) is 3.53. The van der Waals surface area contributed by atoms with E-state index in [9.17, 15) is 4.79 Å². The number of methoxy groups -OCH3 is 1. The van der Waals surface area contributed by atoms with E-state index in [2.05, 4.69) is 20.5 Å². The number of carbonyl (C=O) groups excluding carboxylic acids is 1. The topological polar surface area (TPSA) is 91.2 Å². The lowest BCUT2D eigenvalue weighted by atomic mass is 9.93. The zero-order chi connectivity index (χ0) is 16.9. The quantitative estimate of drug-likeness (QED) is 0.883. The van der Waals surface area contributed by atoms with Gasteiger partial charge in [0.15, 0.2) is 5.69 Å². The van der Waals surface area contributed by atoms with E-state index in [0.29, 0.717) is 19.0 Å². The molecule has 0 unspecified atom stereocenters. The molecular formula is C16H21N5O3. The maximum atomic E-state index is 12.2. The molecule has 1 fully saturated rings. The molecule has 2 aromatic rings. The van der Waals surface area contributed by atoms with Crippen molar-refractivity contribution in [2.24, 2.45) is 13.0 Å². The molecule has 1 aliphatic rings. The van der Waals surface area contributed by atoms with Crippen molar-refractivity contribution in [1.82, 2.24) is 25.1 Å². The molecule has 2 atom stereocenters. The highest BCUT2D eigenvalue weighted by Crippen LogP contribution is 2.32. The van der Waals surface area contributed by atoms with Crippen LogP contribution in [0.25, 0.3) is 0 Å². The van der Waals surface area contributed by atoms with Crippen molar-refractivity contribution in [3.63, 3.8) is 0 Å². The van der Waals surface area contributed by atoms with Gasteiger partial charge in [0, 0.05) is 44.6 Å². The molecule has 0 radical (unpaired) electrons. The van der Waals surface area contributed by atoms with E-state index in [4.69, 9.17) is 9.47 Å². The Morgan fingerprint density at radius 2 is 2.33 bits per heavy atom. The summed E-state index contributed by atoms with van der Waals surface area (Å²) >= 11 is 0. The summed E-state index contributed by atoms with van der Waals surface area (Å²) in [6, 6.07) is 3.21. The van der Waals surface area contributed by atoms with Crippen molar-refractivity contribution in [3.05, 3.63) is 36.0 Å². The average Bonchev–Trinajstić information content (AvgIpc) is 3.06. The van der Waals surface area contributed by atoms with Crippen molar-refractivity contribution in [2.45, 2.75) is 18.9 Å². The number of imidazole rings is 1. The molecule has 3 heterocycles. The van der Waals surface area contributed by atoms with Crippen molar-refractivity contribution < 1.29 is 14.3 Å². The number of hydrogen-bond donors (Lipinski definition) is 1. The van der Waals surface area contributed by atoms with Gasteiger partial charge in [0.25, 0.3) is 5.91 Å². The first-order valence-electron chi connectivity index (χ1n) is 7.93. The highest BCUT2D eigenvalue weighted by atomic mass is 16.5. The largest absolute Gasteiger partial charge is 0.480 e. The molecule has 8 nitrogen and oxygen atoms in total. The lowest BCUT2D eigenvalue weighted by Crippen LogP contribution is -2.36. The molecule has 0 saturated carbocycles. The summed E-state index contributed by atoms with van der Waals surface area (Å²) in [4.78, 5) is 16.6. The Morgan fingerprint density at radius 1 is 1.46 bits per heavy atom. The first-order valence-corrected chi connectivity index (χ1v) is 7.93. The Kier molecular flexibility index (Phi) is 5.05. The van der Waals surface area contributed by atoms with Gasteiger partial charge in [0.1, 0.15) is 11.9 Å². The highest BCUT2D eigenvalue weighted by Gasteiger charge is 2.30. The zero-order valence-corrected chi connectivity index (χ0v) is 13.8. The van der Waals surface area contributed by atoms with Crippen LogP contribution in [0.2, 0.25) is 0 Å². The van der Waals surface area contributed by atoms with E-state index in [0.717, 1.165) is 18.7 Å². The second kappa shape index (κ2) is 7.39. The molecule has 1 amide bonds. The van der Waals surface area contributed by atoms with Gasteiger partial charge in [-0.2, -0.15) is 0 Å². The second-order valence-corrected chi connectivity index (χ2v) is 5.76. The maximum Gasteiger partial charge on any atom is 0.271 e. The van der Waals surface area contributed by atoms with E-state index >= 15 is 0 Å². The fraction of sp³-hybridized carbons (Fsp3) is 0.500. The summed E-state index contributed by atoms with van der Waals surface area (Å²) < 4.78 is 12.8. The summed E-state index contributed by atoms with van der Waals surface area (Å²) in [5.41, 5.74) is 0.265. The summed E-state index contributed by atoms with van der Waals surface area (Å²) in [7, 11) is 3.45. The van der Waals surface area contributed by atoms with Crippen LogP contribution < -0.4 is 10.1 Å². The molecule has 0 spiro atoms. The van der Waals surface area contributed by atoms with Gasteiger partial charge in [0.05, 0.1) is 7.11 Å². The fourth-order valence-corrected chi connectivity index (χ4v) is 2.85. The third-order valence-electron chi connectivity index (χ3n) is 4.16. The molecular weight excluding hydrogens is 310 g/mol. The molecule has 128 valence electrons. The maximum absolute atomic E-state index is 12.2. The van der Waals surface area contributed by atoms with E-state index in [1.54, 1.807) is 18.3 Å². The summed E-state index contributed by atoms with van der Waals surface area (Å²) in [5, 5.41) is 10.6. The Labute approximate surface area is 140 Å². The van der Waals surface area contributed by atoms with Crippen LogP contribution >= 0.6 is 0 Å². The summed E-state index contributed by atoms with van der Waals surface area (Å²) in [6.07, 6.45) is 5.50. The number of nitrogens with one attached hydrogen (secondary N) is 1. The van der Waals surface area contributed by atoms with Crippen LogP contribution in [0.15, 0.2) is 24.5 Å². The first kappa shape index (κ1) is 16.4. The number of aryl methyl sites for hydroxylation is 1. The number of hydrogen-bond acceptors (Lipinski definition) is 6. The highest BCUT2D eigenvalue weighted by molar-refractivity contribution is 5.92. The number of rotatable bonds is 5. The lowest BCUT2D eigenvalue weighted by Gasteiger charge is -2.31. The molecule has 0 aromatic carbocycles. The molecule has 1 N–H and O–H groups in total. The first-order chi connectivity index (χ1) is 11.7. The second-order valence-electron chi connectivity index (χ2n) is 5.76. The van der Waals surface area contributed by atoms with Gasteiger partial charge in [-0.25, -0.2) is 4.98 Å². The monoisotopic (exact) mass is 331 g/mol. The molecule has 1 saturated heterocycles. The van der Waals surface area contributed by atoms with Gasteiger partial charge >= 0.3 is 0 Å². The Morgan fingerprint density at radius 3 is 3.00 bits per heavy atom. The van der Waals surface area contributed by atoms with Gasteiger partial charge < -0.3 is 19.4 Å². The predicted molar refractivity (Wildman–Crippen MR) is 85.5 cm³/mol. The van der Waals surface area contributed by atoms with Crippen LogP contribution in [-0.2, 0) is 11.8 Å². The van der Waals surface area contributed by atoms with Crippen LogP contribution in [0.3, 0.4) is 0 Å². The number of nitrogens with zero attached hydrogens (tertiary/aromatic N) is 4. The molecule has 3 rings (SSSR count). The SMILES string of the molecule is COc1ccc(C(=O)NC[C@@H]2CCCO[C@H]2c2nccn2C)nn1. The number of ether oxygens (including phenoxy) is 2. The van der Waals surface area contributed by atoms with E-state index in [1.165, 1.54) is 7.11 Å². The molecule has 8 heteroatoms. The van der Waals surface area contributed by atoms with Gasteiger partial charge in [-0.1, -0.05) is 0 Å². The van der Waals surface area contributed by atoms with Crippen LogP contribution in [0, 0.1) is 5.92 Å². The molecule has 2 aromatic heterocycles. The normalized spacial score (nSPS) is 20.6. The van der Waals surface area contributed by atoms with Crippen LogP contribution in [-0.4, -0.2) is 45.9 Å². The van der Waals surface area contributed by atoms with E-state index in [1.807, 2.05) is 17.8 Å². The molecule has 1 aliphatic heterocycles. The van der Waals surface area contributed by atoms with Crippen molar-refractivity contribution in [1.29, 1.82) is 0 Å². The van der Waals surface area contributed by atoms with E-state index < -0.39 is 0 Å². The van der Waals surface area contributed by atoms with Crippen molar-refractivity contribution >= 4 is 5.91 Å².